The molecule has 0 spiro atoms. The minimum Gasteiger partial charge on any atom is -0.493 e. The molecule has 10 heteroatoms. The minimum atomic E-state index is -3.84. The Balaban J connectivity index is 1.41. The molecule has 0 atom stereocenters. The molecule has 1 aromatic heterocycles. The molecule has 1 N–H and O–H groups in total. The number of hydrogen-bond donors (Lipinski definition) is 1. The quantitative estimate of drug-likeness (QED) is 0.228. The summed E-state index contributed by atoms with van der Waals surface area (Å²) in [5.41, 5.74) is 3.00. The van der Waals surface area contributed by atoms with E-state index in [1.165, 1.54) is 4.31 Å². The molecular weight excluding hydrogens is 594 g/mol. The summed E-state index contributed by atoms with van der Waals surface area (Å²) in [5, 5.41) is 1.11. The first kappa shape index (κ1) is 28.2. The Morgan fingerprint density at radius 3 is 2.42 bits per heavy atom. The fourth-order valence-corrected chi connectivity index (χ4v) is 6.73. The van der Waals surface area contributed by atoms with Crippen molar-refractivity contribution in [2.45, 2.75) is 36.7 Å². The summed E-state index contributed by atoms with van der Waals surface area (Å²) in [6, 6.07) is 20.0. The van der Waals surface area contributed by atoms with Crippen molar-refractivity contribution in [3.63, 3.8) is 0 Å². The van der Waals surface area contributed by atoms with Crippen molar-refractivity contribution in [1.82, 2.24) is 14.2 Å². The second-order valence-corrected chi connectivity index (χ2v) is 12.7. The van der Waals surface area contributed by atoms with Crippen LogP contribution in [0.4, 0.5) is 0 Å². The zero-order valence-electron chi connectivity index (χ0n) is 22.5. The van der Waals surface area contributed by atoms with Gasteiger partial charge >= 0.3 is 0 Å². The minimum absolute atomic E-state index is 0.172. The number of halogens is 1. The molecule has 8 nitrogen and oxygen atoms in total. The van der Waals surface area contributed by atoms with E-state index in [9.17, 15) is 13.2 Å². The molecule has 0 aliphatic heterocycles. The highest BCUT2D eigenvalue weighted by molar-refractivity contribution is 9.10. The summed E-state index contributed by atoms with van der Waals surface area (Å²) in [4.78, 5) is 19.1. The van der Waals surface area contributed by atoms with Crippen molar-refractivity contribution in [3.05, 3.63) is 88.5 Å². The molecule has 0 saturated heterocycles. The van der Waals surface area contributed by atoms with Gasteiger partial charge in [-0.05, 0) is 72.9 Å². The Labute approximate surface area is 243 Å². The molecule has 1 saturated carbocycles. The van der Waals surface area contributed by atoms with Gasteiger partial charge in [0.25, 0.3) is 0 Å². The van der Waals surface area contributed by atoms with E-state index in [-0.39, 0.29) is 23.4 Å². The van der Waals surface area contributed by atoms with E-state index in [0.717, 1.165) is 39.3 Å². The first-order chi connectivity index (χ1) is 19.3. The summed E-state index contributed by atoms with van der Waals surface area (Å²) in [6.45, 7) is 0.508. The largest absolute Gasteiger partial charge is 0.493 e. The number of carbonyl (C=O) groups is 1. The topological polar surface area (TPSA) is 91.9 Å². The molecule has 0 unspecified atom stereocenters. The summed E-state index contributed by atoms with van der Waals surface area (Å²) >= 11 is 3.36. The molecule has 210 valence electrons. The second-order valence-electron chi connectivity index (χ2n) is 9.85. The second kappa shape index (κ2) is 12.0. The maximum absolute atomic E-state index is 13.9. The number of hydrogen-bond acceptors (Lipinski definition) is 5. The van der Waals surface area contributed by atoms with E-state index < -0.39 is 10.0 Å². The van der Waals surface area contributed by atoms with Crippen molar-refractivity contribution < 1.29 is 22.7 Å². The monoisotopic (exact) mass is 625 g/mol. The van der Waals surface area contributed by atoms with Crippen molar-refractivity contribution >= 4 is 42.8 Å². The Hall–Kier alpha value is -3.34. The zero-order valence-corrected chi connectivity index (χ0v) is 24.9. The number of amides is 1. The lowest BCUT2D eigenvalue weighted by atomic mass is 10.1. The third-order valence-corrected chi connectivity index (χ3v) is 9.61. The van der Waals surface area contributed by atoms with Crippen LogP contribution < -0.4 is 9.47 Å². The molecule has 3 aromatic carbocycles. The zero-order chi connectivity index (χ0) is 28.3. The van der Waals surface area contributed by atoms with E-state index in [2.05, 4.69) is 27.0 Å². The van der Waals surface area contributed by atoms with Crippen LogP contribution in [0.5, 0.6) is 11.5 Å². The lowest BCUT2D eigenvalue weighted by molar-refractivity contribution is -0.132. The molecule has 1 aliphatic carbocycles. The standard InChI is InChI=1S/C30H32BrN3O5S/c1-38-28-14-7-21(17-29(28)39-2)19-33(16-15-22-18-32-27-6-4-3-5-26(22)27)30(35)20-34(24-10-11-24)40(36,37)25-12-8-23(31)9-13-25/h3-9,12-14,17-18,24,32H,10-11,15-16,19-20H2,1-2H3. The maximum Gasteiger partial charge on any atom is 0.243 e. The van der Waals surface area contributed by atoms with Gasteiger partial charge in [-0.3, -0.25) is 4.79 Å². The van der Waals surface area contributed by atoms with E-state index >= 15 is 0 Å². The third kappa shape index (κ3) is 6.19. The first-order valence-electron chi connectivity index (χ1n) is 13.1. The fourth-order valence-electron chi connectivity index (χ4n) is 4.83. The van der Waals surface area contributed by atoms with Crippen molar-refractivity contribution in [2.75, 3.05) is 27.3 Å². The summed E-state index contributed by atoms with van der Waals surface area (Å²) in [6.07, 6.45) is 4.08. The molecule has 1 fully saturated rings. The SMILES string of the molecule is COc1ccc(CN(CCc2c[nH]c3ccccc23)C(=O)CN(C2CC2)S(=O)(=O)c2ccc(Br)cc2)cc1OC. The normalized spacial score (nSPS) is 13.5. The summed E-state index contributed by atoms with van der Waals surface area (Å²) < 4.78 is 40.2. The van der Waals surface area contributed by atoms with Crippen LogP contribution in [0, 0.1) is 0 Å². The Morgan fingerprint density at radius 2 is 1.73 bits per heavy atom. The van der Waals surface area contributed by atoms with Gasteiger partial charge in [0.15, 0.2) is 11.5 Å². The molecule has 0 radical (unpaired) electrons. The fraction of sp³-hybridized carbons (Fsp3) is 0.300. The van der Waals surface area contributed by atoms with Crippen LogP contribution in [0.25, 0.3) is 10.9 Å². The van der Waals surface area contributed by atoms with E-state index in [1.54, 1.807) is 43.4 Å². The van der Waals surface area contributed by atoms with Gasteiger partial charge in [0.2, 0.25) is 15.9 Å². The molecule has 0 bridgehead atoms. The number of sulfonamides is 1. The van der Waals surface area contributed by atoms with Crippen LogP contribution >= 0.6 is 15.9 Å². The van der Waals surface area contributed by atoms with Gasteiger partial charge in [0.1, 0.15) is 0 Å². The van der Waals surface area contributed by atoms with Gasteiger partial charge in [-0.1, -0.05) is 40.2 Å². The first-order valence-corrected chi connectivity index (χ1v) is 15.3. The lowest BCUT2D eigenvalue weighted by Gasteiger charge is -2.28. The number of ether oxygens (including phenoxy) is 2. The number of aromatic nitrogens is 1. The van der Waals surface area contributed by atoms with Gasteiger partial charge < -0.3 is 19.4 Å². The number of carbonyl (C=O) groups excluding carboxylic acids is 1. The average Bonchev–Trinajstić information content (AvgIpc) is 3.72. The van der Waals surface area contributed by atoms with Crippen molar-refractivity contribution in [1.29, 1.82) is 0 Å². The highest BCUT2D eigenvalue weighted by Crippen LogP contribution is 2.33. The Kier molecular flexibility index (Phi) is 8.48. The average molecular weight is 627 g/mol. The Morgan fingerprint density at radius 1 is 1.00 bits per heavy atom. The van der Waals surface area contributed by atoms with Crippen LogP contribution in [0.2, 0.25) is 0 Å². The predicted molar refractivity (Wildman–Crippen MR) is 158 cm³/mol. The van der Waals surface area contributed by atoms with Crippen LogP contribution in [0.1, 0.15) is 24.0 Å². The van der Waals surface area contributed by atoms with Crippen molar-refractivity contribution in [3.8, 4) is 11.5 Å². The van der Waals surface area contributed by atoms with Crippen LogP contribution in [0.3, 0.4) is 0 Å². The van der Waals surface area contributed by atoms with Crippen LogP contribution in [-0.4, -0.2) is 61.9 Å². The van der Waals surface area contributed by atoms with E-state index in [0.29, 0.717) is 31.0 Å². The Bertz CT molecular complexity index is 1600. The highest BCUT2D eigenvalue weighted by Gasteiger charge is 2.40. The van der Waals surface area contributed by atoms with Gasteiger partial charge in [0, 0.05) is 40.7 Å². The molecule has 1 aliphatic rings. The molecule has 5 rings (SSSR count). The molecule has 1 amide bonds. The number of methoxy groups -OCH3 is 2. The lowest BCUT2D eigenvalue weighted by Crippen LogP contribution is -2.44. The number of fused-ring (bicyclic) bond motifs is 1. The highest BCUT2D eigenvalue weighted by atomic mass is 79.9. The molecule has 40 heavy (non-hydrogen) atoms. The number of aromatic amines is 1. The number of nitrogens with zero attached hydrogens (tertiary/aromatic N) is 2. The maximum atomic E-state index is 13.9. The number of nitrogens with one attached hydrogen (secondary N) is 1. The molecule has 1 heterocycles. The number of para-hydroxylation sites is 1. The van der Waals surface area contributed by atoms with Gasteiger partial charge in [-0.2, -0.15) is 4.31 Å². The third-order valence-electron chi connectivity index (χ3n) is 7.17. The van der Waals surface area contributed by atoms with Gasteiger partial charge in [-0.15, -0.1) is 0 Å². The predicted octanol–water partition coefficient (Wildman–Crippen LogP) is 5.37. The molecule has 4 aromatic rings. The number of rotatable bonds is 12. The number of benzene rings is 3. The van der Waals surface area contributed by atoms with E-state index in [4.69, 9.17) is 9.47 Å². The van der Waals surface area contributed by atoms with Crippen LogP contribution in [0.15, 0.2) is 82.3 Å². The van der Waals surface area contributed by atoms with Crippen LogP contribution in [-0.2, 0) is 27.8 Å². The molecular formula is C30H32BrN3O5S. The van der Waals surface area contributed by atoms with Gasteiger partial charge in [0.05, 0.1) is 25.7 Å². The van der Waals surface area contributed by atoms with Gasteiger partial charge in [-0.25, -0.2) is 8.42 Å². The smallest absolute Gasteiger partial charge is 0.243 e. The summed E-state index contributed by atoms with van der Waals surface area (Å²) in [7, 11) is -0.691. The number of H-pyrrole nitrogens is 1. The van der Waals surface area contributed by atoms with Crippen molar-refractivity contribution in [2.24, 2.45) is 0 Å². The van der Waals surface area contributed by atoms with E-state index in [1.807, 2.05) is 42.6 Å². The summed E-state index contributed by atoms with van der Waals surface area (Å²) in [5.74, 6) is 0.923.